The maximum Gasteiger partial charge on any atom is 0.240 e. The van der Waals surface area contributed by atoms with Crippen LogP contribution in [0.1, 0.15) is 48.0 Å². The van der Waals surface area contributed by atoms with Gasteiger partial charge < -0.3 is 5.11 Å². The molecule has 0 spiro atoms. The van der Waals surface area contributed by atoms with Crippen molar-refractivity contribution in [2.75, 3.05) is 0 Å². The van der Waals surface area contributed by atoms with E-state index in [0.29, 0.717) is 6.42 Å². The summed E-state index contributed by atoms with van der Waals surface area (Å²) in [5.41, 5.74) is -3.13. The van der Waals surface area contributed by atoms with Crippen LogP contribution < -0.4 is 0 Å². The second-order valence-corrected chi connectivity index (χ2v) is 6.94. The van der Waals surface area contributed by atoms with E-state index in [9.17, 15) is 14.7 Å². The summed E-state index contributed by atoms with van der Waals surface area (Å²) in [6.07, 6.45) is 2.17. The van der Waals surface area contributed by atoms with E-state index in [2.05, 4.69) is 0 Å². The number of hydrogen-bond acceptors (Lipinski definition) is 5. The minimum atomic E-state index is -2.04. The van der Waals surface area contributed by atoms with Crippen molar-refractivity contribution in [1.82, 2.24) is 0 Å². The molecule has 1 aliphatic heterocycles. The molecule has 5 heteroatoms. The molecule has 0 amide bonds. The molecule has 0 aromatic heterocycles. The summed E-state index contributed by atoms with van der Waals surface area (Å²) in [5.74, 6) is -2.81. The Bertz CT molecular complexity index is 516. The van der Waals surface area contributed by atoms with Crippen LogP contribution in [0.2, 0.25) is 0 Å². The zero-order valence-electron chi connectivity index (χ0n) is 12.9. The zero-order valence-corrected chi connectivity index (χ0v) is 12.9. The molecule has 1 aliphatic carbocycles. The third-order valence-electron chi connectivity index (χ3n) is 4.66. The van der Waals surface area contributed by atoms with Crippen LogP contribution in [-0.2, 0) is 19.4 Å². The monoisotopic (exact) mass is 282 g/mol. The fourth-order valence-electron chi connectivity index (χ4n) is 2.82. The molecule has 2 rings (SSSR count). The number of rotatable bonds is 1. The Kier molecular flexibility index (Phi) is 3.07. The van der Waals surface area contributed by atoms with Crippen molar-refractivity contribution in [2.24, 2.45) is 10.8 Å². The van der Waals surface area contributed by atoms with Gasteiger partial charge in [-0.1, -0.05) is 6.92 Å². The Hall–Kier alpha value is -1.04. The maximum atomic E-state index is 12.6. The molecule has 20 heavy (non-hydrogen) atoms. The molecule has 1 fully saturated rings. The molecule has 2 unspecified atom stereocenters. The molecule has 0 saturated heterocycles. The van der Waals surface area contributed by atoms with Crippen LogP contribution in [0.15, 0.2) is 11.6 Å². The smallest absolute Gasteiger partial charge is 0.240 e. The highest BCUT2D eigenvalue weighted by molar-refractivity contribution is 6.19. The van der Waals surface area contributed by atoms with E-state index in [0.717, 1.165) is 0 Å². The van der Waals surface area contributed by atoms with Crippen molar-refractivity contribution in [3.63, 3.8) is 0 Å². The topological polar surface area (TPSA) is 72.8 Å². The van der Waals surface area contributed by atoms with E-state index < -0.39 is 28.0 Å². The third kappa shape index (κ3) is 1.66. The quantitative estimate of drug-likeness (QED) is 0.587. The van der Waals surface area contributed by atoms with E-state index in [-0.39, 0.29) is 11.4 Å². The predicted molar refractivity (Wildman–Crippen MR) is 71.5 cm³/mol. The predicted octanol–water partition coefficient (Wildman–Crippen LogP) is 1.94. The average molecular weight is 282 g/mol. The first-order valence-electron chi connectivity index (χ1n) is 6.84. The first-order valence-corrected chi connectivity index (χ1v) is 6.84. The lowest BCUT2D eigenvalue weighted by atomic mass is 9.57. The lowest BCUT2D eigenvalue weighted by Crippen LogP contribution is -2.66. The number of hydrogen-bond donors (Lipinski definition) is 1. The van der Waals surface area contributed by atoms with Gasteiger partial charge in [0.2, 0.25) is 5.79 Å². The summed E-state index contributed by atoms with van der Waals surface area (Å²) in [6.45, 7) is 9.95. The van der Waals surface area contributed by atoms with Gasteiger partial charge >= 0.3 is 0 Å². The van der Waals surface area contributed by atoms with Crippen LogP contribution >= 0.6 is 0 Å². The molecule has 0 bridgehead atoms. The highest BCUT2D eigenvalue weighted by Crippen LogP contribution is 2.53. The molecule has 0 aromatic rings. The number of Topliss-reactive ketones (excluding diaryl/α,β-unsaturated/α-hetero) is 2. The van der Waals surface area contributed by atoms with Gasteiger partial charge in [0.25, 0.3) is 0 Å². The third-order valence-corrected chi connectivity index (χ3v) is 4.66. The molecule has 0 radical (unpaired) electrons. The van der Waals surface area contributed by atoms with Crippen molar-refractivity contribution < 1.29 is 24.5 Å². The largest absolute Gasteiger partial charge is 0.359 e. The number of carbonyl (C=O) groups excluding carboxylic acids is 2. The van der Waals surface area contributed by atoms with E-state index in [1.807, 2.05) is 6.92 Å². The van der Waals surface area contributed by atoms with Gasteiger partial charge in [-0.2, -0.15) is 4.89 Å². The molecule has 2 aliphatic rings. The first-order chi connectivity index (χ1) is 8.92. The van der Waals surface area contributed by atoms with Crippen LogP contribution in [0.5, 0.6) is 0 Å². The average Bonchev–Trinajstić information content (AvgIpc) is 2.38. The molecular weight excluding hydrogens is 260 g/mol. The van der Waals surface area contributed by atoms with Crippen LogP contribution in [0, 0.1) is 10.8 Å². The van der Waals surface area contributed by atoms with E-state index >= 15 is 0 Å². The van der Waals surface area contributed by atoms with Gasteiger partial charge in [0.1, 0.15) is 5.60 Å². The lowest BCUT2D eigenvalue weighted by Gasteiger charge is -2.52. The first kappa shape index (κ1) is 15.4. The minimum Gasteiger partial charge on any atom is -0.359 e. The fourth-order valence-corrected chi connectivity index (χ4v) is 2.82. The van der Waals surface area contributed by atoms with Crippen LogP contribution in [0.25, 0.3) is 0 Å². The summed E-state index contributed by atoms with van der Waals surface area (Å²) >= 11 is 0. The lowest BCUT2D eigenvalue weighted by molar-refractivity contribution is -0.464. The van der Waals surface area contributed by atoms with Crippen LogP contribution in [0.4, 0.5) is 0 Å². The zero-order chi connectivity index (χ0) is 15.6. The number of aliphatic hydroxyl groups is 1. The highest BCUT2D eigenvalue weighted by atomic mass is 17.2. The Morgan fingerprint density at radius 2 is 1.65 bits per heavy atom. The van der Waals surface area contributed by atoms with Gasteiger partial charge in [0.15, 0.2) is 11.6 Å². The van der Waals surface area contributed by atoms with Crippen molar-refractivity contribution in [1.29, 1.82) is 0 Å². The summed E-state index contributed by atoms with van der Waals surface area (Å²) in [7, 11) is 0. The summed E-state index contributed by atoms with van der Waals surface area (Å²) in [4.78, 5) is 35.6. The van der Waals surface area contributed by atoms with Crippen molar-refractivity contribution in [3.05, 3.63) is 11.6 Å². The second-order valence-electron chi connectivity index (χ2n) is 6.94. The molecule has 5 nitrogen and oxygen atoms in total. The van der Waals surface area contributed by atoms with Crippen molar-refractivity contribution in [3.8, 4) is 0 Å². The summed E-state index contributed by atoms with van der Waals surface area (Å²) < 4.78 is 0. The molecule has 1 saturated carbocycles. The van der Waals surface area contributed by atoms with Gasteiger partial charge in [-0.25, -0.2) is 4.89 Å². The maximum absolute atomic E-state index is 12.6. The van der Waals surface area contributed by atoms with Gasteiger partial charge in [-0.15, -0.1) is 0 Å². The Balaban J connectivity index is 2.69. The number of ketones is 2. The molecule has 2 atom stereocenters. The molecule has 0 aromatic carbocycles. The van der Waals surface area contributed by atoms with Gasteiger partial charge in [-0.3, -0.25) is 9.59 Å². The SMILES string of the molecule is CCC1(C)C=C2C(=O)C(C)(C)C(=O)C(C)(C)C2(O)OO1. The molecular formula is C15H22O5. The summed E-state index contributed by atoms with van der Waals surface area (Å²) in [5, 5.41) is 10.8. The number of carbonyl (C=O) groups is 2. The number of fused-ring (bicyclic) bond motifs is 1. The Morgan fingerprint density at radius 3 is 2.15 bits per heavy atom. The Morgan fingerprint density at radius 1 is 1.10 bits per heavy atom. The van der Waals surface area contributed by atoms with Gasteiger partial charge in [0.05, 0.1) is 16.4 Å². The minimum absolute atomic E-state index is 0.114. The molecule has 1 N–H and O–H groups in total. The van der Waals surface area contributed by atoms with E-state index in [1.54, 1.807) is 40.7 Å². The van der Waals surface area contributed by atoms with Gasteiger partial charge in [-0.05, 0) is 47.1 Å². The Labute approximate surface area is 118 Å². The van der Waals surface area contributed by atoms with E-state index in [4.69, 9.17) is 9.78 Å². The molecule has 112 valence electrons. The summed E-state index contributed by atoms with van der Waals surface area (Å²) in [6, 6.07) is 0. The second kappa shape index (κ2) is 4.00. The van der Waals surface area contributed by atoms with Gasteiger partial charge in [0, 0.05) is 0 Å². The van der Waals surface area contributed by atoms with Crippen LogP contribution in [-0.4, -0.2) is 28.1 Å². The normalized spacial score (nSPS) is 39.2. The highest BCUT2D eigenvalue weighted by Gasteiger charge is 2.67. The van der Waals surface area contributed by atoms with E-state index in [1.165, 1.54) is 0 Å². The van der Waals surface area contributed by atoms with Crippen LogP contribution in [0.3, 0.4) is 0 Å². The fraction of sp³-hybridized carbons (Fsp3) is 0.733. The van der Waals surface area contributed by atoms with Crippen molar-refractivity contribution >= 4 is 11.6 Å². The van der Waals surface area contributed by atoms with Crippen molar-refractivity contribution in [2.45, 2.75) is 59.4 Å². The standard InChI is InChI=1S/C15H22O5/c1-7-14(6)8-9-10(16)12(2,3)11(17)13(4,5)15(9,18)20-19-14/h8,18H,7H2,1-6H3. The molecule has 1 heterocycles.